The van der Waals surface area contributed by atoms with Gasteiger partial charge in [0.15, 0.2) is 0 Å². The molecular formula is C12H21N3. The van der Waals surface area contributed by atoms with Crippen LogP contribution in [0.5, 0.6) is 0 Å². The van der Waals surface area contributed by atoms with Crippen molar-refractivity contribution in [3.05, 3.63) is 24.0 Å². The number of hydrogen-bond acceptors (Lipinski definition) is 3. The molecule has 0 radical (unpaired) electrons. The summed E-state index contributed by atoms with van der Waals surface area (Å²) in [6, 6.07) is 2.05. The van der Waals surface area contributed by atoms with E-state index in [4.69, 9.17) is 0 Å². The highest BCUT2D eigenvalue weighted by atomic mass is 15.1. The number of anilines is 1. The molecule has 1 aromatic heterocycles. The van der Waals surface area contributed by atoms with E-state index in [2.05, 4.69) is 42.3 Å². The highest BCUT2D eigenvalue weighted by molar-refractivity contribution is 5.50. The van der Waals surface area contributed by atoms with E-state index in [0.717, 1.165) is 13.1 Å². The lowest BCUT2D eigenvalue weighted by Gasteiger charge is -2.17. The fraction of sp³-hybridized carbons (Fsp3) is 0.583. The average Bonchev–Trinajstić information content (AvgIpc) is 2.25. The van der Waals surface area contributed by atoms with Crippen LogP contribution in [0.4, 0.5) is 5.69 Å². The molecule has 0 saturated heterocycles. The standard InChI is InChI=1S/C12H21N3/c1-4-5-7-13-9-11-10-14-8-6-12(11)15(2)3/h6,8,10,13H,4-5,7,9H2,1-3H3. The van der Waals surface area contributed by atoms with E-state index in [1.807, 2.05) is 12.4 Å². The predicted molar refractivity (Wildman–Crippen MR) is 65.2 cm³/mol. The molecule has 15 heavy (non-hydrogen) atoms. The lowest BCUT2D eigenvalue weighted by atomic mass is 10.2. The largest absolute Gasteiger partial charge is 0.377 e. The van der Waals surface area contributed by atoms with Gasteiger partial charge in [0, 0.05) is 44.3 Å². The fourth-order valence-corrected chi connectivity index (χ4v) is 1.52. The molecular weight excluding hydrogens is 186 g/mol. The molecule has 0 amide bonds. The molecule has 0 aliphatic rings. The number of aromatic nitrogens is 1. The highest BCUT2D eigenvalue weighted by Gasteiger charge is 2.02. The lowest BCUT2D eigenvalue weighted by Crippen LogP contribution is -2.18. The van der Waals surface area contributed by atoms with Crippen LogP contribution in [0.3, 0.4) is 0 Å². The second-order valence-electron chi connectivity index (χ2n) is 3.93. The van der Waals surface area contributed by atoms with Crippen LogP contribution in [0.1, 0.15) is 25.3 Å². The van der Waals surface area contributed by atoms with Crippen LogP contribution in [0, 0.1) is 0 Å². The predicted octanol–water partition coefficient (Wildman–Crippen LogP) is 2.04. The Balaban J connectivity index is 2.52. The highest BCUT2D eigenvalue weighted by Crippen LogP contribution is 2.15. The van der Waals surface area contributed by atoms with E-state index in [0.29, 0.717) is 0 Å². The van der Waals surface area contributed by atoms with Crippen LogP contribution >= 0.6 is 0 Å². The van der Waals surface area contributed by atoms with Gasteiger partial charge in [0.1, 0.15) is 0 Å². The van der Waals surface area contributed by atoms with Crippen LogP contribution in [0.2, 0.25) is 0 Å². The Morgan fingerprint density at radius 2 is 2.20 bits per heavy atom. The summed E-state index contributed by atoms with van der Waals surface area (Å²) in [5, 5.41) is 3.43. The first-order valence-electron chi connectivity index (χ1n) is 5.56. The van der Waals surface area contributed by atoms with Crippen molar-refractivity contribution in [2.24, 2.45) is 0 Å². The van der Waals surface area contributed by atoms with Gasteiger partial charge in [-0.25, -0.2) is 0 Å². The fourth-order valence-electron chi connectivity index (χ4n) is 1.52. The average molecular weight is 207 g/mol. The summed E-state index contributed by atoms with van der Waals surface area (Å²) in [5.41, 5.74) is 2.51. The summed E-state index contributed by atoms with van der Waals surface area (Å²) in [5.74, 6) is 0. The van der Waals surface area contributed by atoms with Crippen molar-refractivity contribution in [2.75, 3.05) is 25.5 Å². The molecule has 0 atom stereocenters. The lowest BCUT2D eigenvalue weighted by molar-refractivity contribution is 0.640. The van der Waals surface area contributed by atoms with Crippen LogP contribution in [-0.2, 0) is 6.54 Å². The third-order valence-corrected chi connectivity index (χ3v) is 2.38. The van der Waals surface area contributed by atoms with E-state index in [1.165, 1.54) is 24.1 Å². The molecule has 0 bridgehead atoms. The van der Waals surface area contributed by atoms with Gasteiger partial charge in [0.2, 0.25) is 0 Å². The van der Waals surface area contributed by atoms with Crippen molar-refractivity contribution in [1.82, 2.24) is 10.3 Å². The first kappa shape index (κ1) is 12.0. The summed E-state index contributed by atoms with van der Waals surface area (Å²) in [7, 11) is 4.12. The second kappa shape index (κ2) is 6.40. The van der Waals surface area contributed by atoms with Gasteiger partial charge in [-0.05, 0) is 19.0 Å². The summed E-state index contributed by atoms with van der Waals surface area (Å²) in [6.07, 6.45) is 6.25. The van der Waals surface area contributed by atoms with Gasteiger partial charge < -0.3 is 10.2 Å². The summed E-state index contributed by atoms with van der Waals surface area (Å²) in [6.45, 7) is 4.19. The van der Waals surface area contributed by atoms with Gasteiger partial charge in [-0.1, -0.05) is 13.3 Å². The zero-order chi connectivity index (χ0) is 11.1. The summed E-state index contributed by atoms with van der Waals surface area (Å²) in [4.78, 5) is 6.28. The molecule has 84 valence electrons. The zero-order valence-corrected chi connectivity index (χ0v) is 9.95. The Hall–Kier alpha value is -1.09. The minimum Gasteiger partial charge on any atom is -0.377 e. The van der Waals surface area contributed by atoms with Crippen molar-refractivity contribution >= 4 is 5.69 Å². The number of hydrogen-bond donors (Lipinski definition) is 1. The molecule has 0 fully saturated rings. The van der Waals surface area contributed by atoms with Crippen LogP contribution in [-0.4, -0.2) is 25.6 Å². The summed E-state index contributed by atoms with van der Waals surface area (Å²) < 4.78 is 0. The maximum Gasteiger partial charge on any atom is 0.0437 e. The molecule has 0 aromatic carbocycles. The van der Waals surface area contributed by atoms with Crippen LogP contribution < -0.4 is 10.2 Å². The van der Waals surface area contributed by atoms with Gasteiger partial charge in [-0.3, -0.25) is 4.98 Å². The Labute approximate surface area is 92.5 Å². The summed E-state index contributed by atoms with van der Waals surface area (Å²) >= 11 is 0. The maximum absolute atomic E-state index is 4.16. The normalized spacial score (nSPS) is 10.3. The van der Waals surface area contributed by atoms with E-state index < -0.39 is 0 Å². The zero-order valence-electron chi connectivity index (χ0n) is 9.95. The number of unbranched alkanes of at least 4 members (excludes halogenated alkanes) is 1. The Morgan fingerprint density at radius 3 is 2.87 bits per heavy atom. The van der Waals surface area contributed by atoms with E-state index in [1.54, 1.807) is 0 Å². The van der Waals surface area contributed by atoms with Crippen molar-refractivity contribution in [1.29, 1.82) is 0 Å². The van der Waals surface area contributed by atoms with Crippen molar-refractivity contribution in [2.45, 2.75) is 26.3 Å². The molecule has 0 saturated carbocycles. The minimum atomic E-state index is 0.904. The van der Waals surface area contributed by atoms with E-state index >= 15 is 0 Å². The van der Waals surface area contributed by atoms with Gasteiger partial charge in [-0.2, -0.15) is 0 Å². The molecule has 3 nitrogen and oxygen atoms in total. The van der Waals surface area contributed by atoms with Crippen molar-refractivity contribution < 1.29 is 0 Å². The smallest absolute Gasteiger partial charge is 0.0437 e. The molecule has 1 heterocycles. The van der Waals surface area contributed by atoms with E-state index in [9.17, 15) is 0 Å². The minimum absolute atomic E-state index is 0.904. The Morgan fingerprint density at radius 1 is 1.40 bits per heavy atom. The first-order chi connectivity index (χ1) is 7.25. The molecule has 1 rings (SSSR count). The quantitative estimate of drug-likeness (QED) is 0.724. The first-order valence-corrected chi connectivity index (χ1v) is 5.56. The third kappa shape index (κ3) is 3.88. The number of pyridine rings is 1. The van der Waals surface area contributed by atoms with Gasteiger partial charge >= 0.3 is 0 Å². The topological polar surface area (TPSA) is 28.2 Å². The molecule has 0 aliphatic carbocycles. The SMILES string of the molecule is CCCCNCc1cnccc1N(C)C. The number of rotatable bonds is 6. The van der Waals surface area contributed by atoms with Gasteiger partial charge in [-0.15, -0.1) is 0 Å². The molecule has 0 spiro atoms. The Bertz CT molecular complexity index is 284. The van der Waals surface area contributed by atoms with Gasteiger partial charge in [0.25, 0.3) is 0 Å². The molecule has 0 aliphatic heterocycles. The van der Waals surface area contributed by atoms with Crippen molar-refractivity contribution in [3.8, 4) is 0 Å². The monoisotopic (exact) mass is 207 g/mol. The molecule has 0 unspecified atom stereocenters. The number of nitrogens with zero attached hydrogens (tertiary/aromatic N) is 2. The molecule has 3 heteroatoms. The van der Waals surface area contributed by atoms with Crippen LogP contribution in [0.15, 0.2) is 18.5 Å². The Kier molecular flexibility index (Phi) is 5.12. The van der Waals surface area contributed by atoms with E-state index in [-0.39, 0.29) is 0 Å². The van der Waals surface area contributed by atoms with Crippen LogP contribution in [0.25, 0.3) is 0 Å². The molecule has 1 N–H and O–H groups in total. The second-order valence-corrected chi connectivity index (χ2v) is 3.93. The van der Waals surface area contributed by atoms with Gasteiger partial charge in [0.05, 0.1) is 0 Å². The molecule has 1 aromatic rings. The van der Waals surface area contributed by atoms with Crippen molar-refractivity contribution in [3.63, 3.8) is 0 Å². The maximum atomic E-state index is 4.16. The number of nitrogens with one attached hydrogen (secondary N) is 1. The third-order valence-electron chi connectivity index (χ3n) is 2.38.